The average molecular weight is 254 g/mol. The highest BCUT2D eigenvalue weighted by Gasteiger charge is 2.22. The van der Waals surface area contributed by atoms with Crippen molar-refractivity contribution in [2.45, 2.75) is 32.1 Å². The number of likely N-dealkylation sites (tertiary alicyclic amines) is 1. The number of hydrogen-bond acceptors (Lipinski definition) is 2. The van der Waals surface area contributed by atoms with Crippen LogP contribution < -0.4 is 5.32 Å². The molecule has 5 nitrogen and oxygen atoms in total. The Bertz CT molecular complexity index is 297. The van der Waals surface area contributed by atoms with Crippen LogP contribution in [0, 0.1) is 5.92 Å². The number of carbonyl (C=O) groups excluding carboxylic acids is 1. The van der Waals surface area contributed by atoms with E-state index < -0.39 is 5.97 Å². The van der Waals surface area contributed by atoms with Gasteiger partial charge in [0.05, 0.1) is 0 Å². The van der Waals surface area contributed by atoms with E-state index in [-0.39, 0.29) is 12.5 Å². The zero-order valence-electron chi connectivity index (χ0n) is 10.7. The summed E-state index contributed by atoms with van der Waals surface area (Å²) in [6, 6.07) is -0.0199. The van der Waals surface area contributed by atoms with E-state index in [0.29, 0.717) is 12.5 Å². The highest BCUT2D eigenvalue weighted by molar-refractivity contribution is 5.74. The molecule has 18 heavy (non-hydrogen) atoms. The maximum absolute atomic E-state index is 11.7. The van der Waals surface area contributed by atoms with Crippen LogP contribution in [-0.4, -0.2) is 41.6 Å². The molecule has 2 amide bonds. The molecule has 0 bridgehead atoms. The third-order valence-electron chi connectivity index (χ3n) is 3.29. The van der Waals surface area contributed by atoms with Gasteiger partial charge in [0.1, 0.15) is 0 Å². The second kappa shape index (κ2) is 7.74. The molecule has 0 aromatic rings. The van der Waals surface area contributed by atoms with Gasteiger partial charge < -0.3 is 15.3 Å². The van der Waals surface area contributed by atoms with Gasteiger partial charge in [0.25, 0.3) is 0 Å². The molecule has 1 fully saturated rings. The van der Waals surface area contributed by atoms with Gasteiger partial charge in [-0.1, -0.05) is 6.08 Å². The minimum atomic E-state index is -0.736. The first-order valence-corrected chi connectivity index (χ1v) is 6.49. The van der Waals surface area contributed by atoms with Gasteiger partial charge in [0.15, 0.2) is 0 Å². The summed E-state index contributed by atoms with van der Waals surface area (Å²) in [5.41, 5.74) is 0. The molecule has 0 radical (unpaired) electrons. The first kappa shape index (κ1) is 14.5. The maximum atomic E-state index is 11.7. The summed E-state index contributed by atoms with van der Waals surface area (Å²) in [6.45, 7) is 5.68. The smallest absolute Gasteiger partial charge is 0.317 e. The molecule has 1 saturated heterocycles. The monoisotopic (exact) mass is 254 g/mol. The second-order valence-corrected chi connectivity index (χ2v) is 4.67. The zero-order valence-corrected chi connectivity index (χ0v) is 10.7. The largest absolute Gasteiger partial charge is 0.481 e. The topological polar surface area (TPSA) is 69.6 Å². The van der Waals surface area contributed by atoms with Crippen molar-refractivity contribution in [2.75, 3.05) is 19.6 Å². The summed E-state index contributed by atoms with van der Waals surface area (Å²) < 4.78 is 0. The van der Waals surface area contributed by atoms with Crippen molar-refractivity contribution in [3.8, 4) is 0 Å². The van der Waals surface area contributed by atoms with Crippen LogP contribution in [0.5, 0.6) is 0 Å². The molecule has 1 heterocycles. The molecule has 0 spiro atoms. The summed E-state index contributed by atoms with van der Waals surface area (Å²) >= 11 is 0. The molecule has 0 aliphatic carbocycles. The number of carbonyl (C=O) groups is 2. The van der Waals surface area contributed by atoms with Gasteiger partial charge in [-0.25, -0.2) is 4.79 Å². The van der Waals surface area contributed by atoms with Crippen molar-refractivity contribution in [2.24, 2.45) is 5.92 Å². The Hall–Kier alpha value is -1.52. The SMILES string of the molecule is C=CCCNC(=O)N1CCC(CCC(=O)O)CC1. The van der Waals surface area contributed by atoms with Crippen LogP contribution in [0.3, 0.4) is 0 Å². The third-order valence-corrected chi connectivity index (χ3v) is 3.29. The van der Waals surface area contributed by atoms with E-state index in [1.807, 2.05) is 0 Å². The molecule has 1 rings (SSSR count). The molecule has 102 valence electrons. The number of hydrogen-bond donors (Lipinski definition) is 2. The van der Waals surface area contributed by atoms with Gasteiger partial charge in [0, 0.05) is 26.1 Å². The summed E-state index contributed by atoms with van der Waals surface area (Å²) in [7, 11) is 0. The van der Waals surface area contributed by atoms with Crippen LogP contribution >= 0.6 is 0 Å². The molecular weight excluding hydrogens is 232 g/mol. The summed E-state index contributed by atoms with van der Waals surface area (Å²) in [5, 5.41) is 11.5. The van der Waals surface area contributed by atoms with Crippen LogP contribution in [-0.2, 0) is 4.79 Å². The Morgan fingerprint density at radius 2 is 2.06 bits per heavy atom. The van der Waals surface area contributed by atoms with E-state index in [1.54, 1.807) is 11.0 Å². The Labute approximate surface area is 108 Å². The second-order valence-electron chi connectivity index (χ2n) is 4.67. The number of amides is 2. The van der Waals surface area contributed by atoms with E-state index in [9.17, 15) is 9.59 Å². The van der Waals surface area contributed by atoms with Crippen LogP contribution in [0.25, 0.3) is 0 Å². The minimum Gasteiger partial charge on any atom is -0.481 e. The molecule has 0 aromatic carbocycles. The van der Waals surface area contributed by atoms with Gasteiger partial charge in [0.2, 0.25) is 0 Å². The molecule has 0 unspecified atom stereocenters. The summed E-state index contributed by atoms with van der Waals surface area (Å²) in [6.07, 6.45) is 5.32. The van der Waals surface area contributed by atoms with Gasteiger partial charge in [-0.2, -0.15) is 0 Å². The van der Waals surface area contributed by atoms with Crippen LogP contribution in [0.15, 0.2) is 12.7 Å². The van der Waals surface area contributed by atoms with Gasteiger partial charge in [-0.05, 0) is 31.6 Å². The highest BCUT2D eigenvalue weighted by Crippen LogP contribution is 2.21. The predicted octanol–water partition coefficient (Wildman–Crippen LogP) is 1.85. The van der Waals surface area contributed by atoms with Crippen LogP contribution in [0.2, 0.25) is 0 Å². The first-order valence-electron chi connectivity index (χ1n) is 6.49. The van der Waals surface area contributed by atoms with E-state index in [0.717, 1.165) is 38.8 Å². The van der Waals surface area contributed by atoms with E-state index >= 15 is 0 Å². The maximum Gasteiger partial charge on any atom is 0.317 e. The van der Waals surface area contributed by atoms with Crippen molar-refractivity contribution in [1.29, 1.82) is 0 Å². The number of aliphatic carboxylic acids is 1. The van der Waals surface area contributed by atoms with Crippen LogP contribution in [0.4, 0.5) is 4.79 Å². The lowest BCUT2D eigenvalue weighted by molar-refractivity contribution is -0.137. The lowest BCUT2D eigenvalue weighted by Crippen LogP contribution is -2.44. The minimum absolute atomic E-state index is 0.0199. The number of piperidine rings is 1. The van der Waals surface area contributed by atoms with Crippen LogP contribution in [0.1, 0.15) is 32.1 Å². The summed E-state index contributed by atoms with van der Waals surface area (Å²) in [4.78, 5) is 24.0. The van der Waals surface area contributed by atoms with Crippen molar-refractivity contribution in [3.63, 3.8) is 0 Å². The fourth-order valence-electron chi connectivity index (χ4n) is 2.15. The quantitative estimate of drug-likeness (QED) is 0.561. The number of carboxylic acids is 1. The average Bonchev–Trinajstić information content (AvgIpc) is 2.37. The Morgan fingerprint density at radius 3 is 2.61 bits per heavy atom. The number of rotatable bonds is 6. The number of urea groups is 1. The van der Waals surface area contributed by atoms with E-state index in [4.69, 9.17) is 5.11 Å². The first-order chi connectivity index (χ1) is 8.63. The number of nitrogens with zero attached hydrogens (tertiary/aromatic N) is 1. The van der Waals surface area contributed by atoms with Gasteiger partial charge >= 0.3 is 12.0 Å². The molecular formula is C13H22N2O3. The fourth-order valence-corrected chi connectivity index (χ4v) is 2.15. The van der Waals surface area contributed by atoms with Crippen molar-refractivity contribution in [3.05, 3.63) is 12.7 Å². The Morgan fingerprint density at radius 1 is 1.39 bits per heavy atom. The molecule has 1 aliphatic heterocycles. The van der Waals surface area contributed by atoms with Gasteiger partial charge in [-0.15, -0.1) is 6.58 Å². The molecule has 1 aliphatic rings. The molecule has 0 aromatic heterocycles. The molecule has 2 N–H and O–H groups in total. The number of nitrogens with one attached hydrogen (secondary N) is 1. The summed E-state index contributed by atoms with van der Waals surface area (Å²) in [5.74, 6) is -0.294. The van der Waals surface area contributed by atoms with Crippen molar-refractivity contribution >= 4 is 12.0 Å². The van der Waals surface area contributed by atoms with E-state index in [1.165, 1.54) is 0 Å². The number of carboxylic acid groups (broad SMARTS) is 1. The zero-order chi connectivity index (χ0) is 13.4. The third kappa shape index (κ3) is 5.21. The fraction of sp³-hybridized carbons (Fsp3) is 0.692. The van der Waals surface area contributed by atoms with E-state index in [2.05, 4.69) is 11.9 Å². The molecule has 0 atom stereocenters. The Balaban J connectivity index is 2.19. The highest BCUT2D eigenvalue weighted by atomic mass is 16.4. The lowest BCUT2D eigenvalue weighted by atomic mass is 9.92. The standard InChI is InChI=1S/C13H22N2O3/c1-2-3-8-14-13(18)15-9-6-11(7-10-15)4-5-12(16)17/h2,11H,1,3-10H2,(H,14,18)(H,16,17). The lowest BCUT2D eigenvalue weighted by Gasteiger charge is -2.31. The Kier molecular flexibility index (Phi) is 6.25. The van der Waals surface area contributed by atoms with Crippen molar-refractivity contribution in [1.82, 2.24) is 10.2 Å². The normalized spacial score (nSPS) is 16.3. The molecule has 5 heteroatoms. The van der Waals surface area contributed by atoms with Gasteiger partial charge in [-0.3, -0.25) is 4.79 Å². The predicted molar refractivity (Wildman–Crippen MR) is 69.4 cm³/mol. The molecule has 0 saturated carbocycles. The van der Waals surface area contributed by atoms with Crippen molar-refractivity contribution < 1.29 is 14.7 Å².